The molecule has 0 N–H and O–H groups in total. The van der Waals surface area contributed by atoms with Crippen molar-refractivity contribution in [2.24, 2.45) is 5.10 Å². The van der Waals surface area contributed by atoms with Gasteiger partial charge in [-0.25, -0.2) is 0 Å². The van der Waals surface area contributed by atoms with Gasteiger partial charge < -0.3 is 0 Å². The molecular weight excluding hydrogens is 206 g/mol. The maximum atomic E-state index is 11.8. The number of hydrazone groups is 1. The van der Waals surface area contributed by atoms with Crippen molar-refractivity contribution in [3.05, 3.63) is 24.3 Å². The van der Waals surface area contributed by atoms with E-state index in [-0.39, 0.29) is 12.1 Å². The van der Waals surface area contributed by atoms with Crippen LogP contribution in [0.5, 0.6) is 0 Å². The fourth-order valence-electron chi connectivity index (χ4n) is 2.11. The first-order chi connectivity index (χ1) is 7.77. The molecule has 0 saturated carbocycles. The van der Waals surface area contributed by atoms with Gasteiger partial charge in [0.1, 0.15) is 5.69 Å². The van der Waals surface area contributed by atoms with Gasteiger partial charge in [0.25, 0.3) is 0 Å². The average molecular weight is 216 g/mol. The van der Waals surface area contributed by atoms with E-state index >= 15 is 0 Å². The van der Waals surface area contributed by atoms with Gasteiger partial charge in [0.15, 0.2) is 6.04 Å². The first-order valence-electron chi connectivity index (χ1n) is 5.04. The average Bonchev–Trinajstić information content (AvgIpc) is 2.83. The number of rotatable bonds is 1. The van der Waals surface area contributed by atoms with Gasteiger partial charge in [0.05, 0.1) is 12.9 Å². The molecular formula is C10H10N5O+. The minimum atomic E-state index is -0.192. The molecule has 6 nitrogen and oxygen atoms in total. The normalized spacial score (nSPS) is 23.6. The van der Waals surface area contributed by atoms with Crippen molar-refractivity contribution < 1.29 is 9.48 Å². The number of carbonyl (C=O) groups excluding carboxylic acids is 1. The summed E-state index contributed by atoms with van der Waals surface area (Å²) in [5.74, 6) is 0.774. The quantitative estimate of drug-likeness (QED) is 0.651. The summed E-state index contributed by atoms with van der Waals surface area (Å²) in [6.45, 7) is 3.55. The largest absolute Gasteiger partial charge is 0.525 e. The number of urea groups is 1. The summed E-state index contributed by atoms with van der Waals surface area (Å²) in [5, 5.41) is 4.07. The van der Waals surface area contributed by atoms with Crippen LogP contribution in [-0.4, -0.2) is 38.1 Å². The van der Waals surface area contributed by atoms with E-state index in [1.54, 1.807) is 23.5 Å². The molecule has 0 bridgehead atoms. The summed E-state index contributed by atoms with van der Waals surface area (Å²) >= 11 is 0. The van der Waals surface area contributed by atoms with Crippen LogP contribution in [0.2, 0.25) is 0 Å². The zero-order valence-electron chi connectivity index (χ0n) is 8.58. The number of hydrogen-bond acceptors (Lipinski definition) is 4. The molecule has 0 aliphatic carbocycles. The van der Waals surface area contributed by atoms with Crippen LogP contribution >= 0.6 is 0 Å². The SMILES string of the molecule is C=[N+]1N=C2CC[C@@H](c3cnccn3)N2C1=O. The second-order valence-electron chi connectivity index (χ2n) is 3.75. The van der Waals surface area contributed by atoms with Gasteiger partial charge >= 0.3 is 6.03 Å². The van der Waals surface area contributed by atoms with Gasteiger partial charge in [-0.2, -0.15) is 9.69 Å². The van der Waals surface area contributed by atoms with Crippen molar-refractivity contribution in [1.82, 2.24) is 14.9 Å². The molecule has 0 spiro atoms. The maximum absolute atomic E-state index is 11.8. The summed E-state index contributed by atoms with van der Waals surface area (Å²) in [7, 11) is 0. The van der Waals surface area contributed by atoms with E-state index in [2.05, 4.69) is 21.8 Å². The van der Waals surface area contributed by atoms with Crippen molar-refractivity contribution in [3.8, 4) is 0 Å². The highest BCUT2D eigenvalue weighted by Gasteiger charge is 2.49. The van der Waals surface area contributed by atoms with Gasteiger partial charge in [-0.1, -0.05) is 4.68 Å². The second-order valence-corrected chi connectivity index (χ2v) is 3.75. The van der Waals surface area contributed by atoms with Crippen LogP contribution in [0.25, 0.3) is 0 Å². The summed E-state index contributed by atoms with van der Waals surface area (Å²) in [6.07, 6.45) is 6.56. The molecule has 1 fully saturated rings. The monoisotopic (exact) mass is 216 g/mol. The molecule has 6 heteroatoms. The summed E-state index contributed by atoms with van der Waals surface area (Å²) in [5.41, 5.74) is 0.802. The first kappa shape index (κ1) is 9.14. The molecule has 3 heterocycles. The lowest BCUT2D eigenvalue weighted by Gasteiger charge is -2.11. The highest BCUT2D eigenvalue weighted by molar-refractivity contribution is 5.99. The lowest BCUT2D eigenvalue weighted by molar-refractivity contribution is -0.420. The third-order valence-corrected chi connectivity index (χ3v) is 2.82. The van der Waals surface area contributed by atoms with Crippen molar-refractivity contribution in [3.63, 3.8) is 0 Å². The Morgan fingerprint density at radius 3 is 3.12 bits per heavy atom. The zero-order valence-corrected chi connectivity index (χ0v) is 8.58. The van der Waals surface area contributed by atoms with Crippen LogP contribution in [0, 0.1) is 0 Å². The number of hydrogen-bond donors (Lipinski definition) is 0. The van der Waals surface area contributed by atoms with E-state index in [0.717, 1.165) is 29.1 Å². The standard InChI is InChI=1S/C10H10N5O/c1-14-10(16)15-8(2-3-9(15)13-14)7-6-11-4-5-12-7/h4-6,8H,1-3H2/q+1/t8-/m0/s1. The van der Waals surface area contributed by atoms with Gasteiger partial charge in [-0.15, -0.1) is 0 Å². The third-order valence-electron chi connectivity index (χ3n) is 2.82. The molecule has 2 aliphatic rings. The first-order valence-corrected chi connectivity index (χ1v) is 5.04. The van der Waals surface area contributed by atoms with E-state index in [4.69, 9.17) is 0 Å². The van der Waals surface area contributed by atoms with Crippen LogP contribution in [0.4, 0.5) is 4.79 Å². The van der Waals surface area contributed by atoms with E-state index in [1.165, 1.54) is 0 Å². The Kier molecular flexibility index (Phi) is 1.82. The van der Waals surface area contributed by atoms with E-state index in [9.17, 15) is 4.79 Å². The number of aromatic nitrogens is 2. The number of amides is 2. The predicted molar refractivity (Wildman–Crippen MR) is 56.1 cm³/mol. The molecule has 16 heavy (non-hydrogen) atoms. The minimum absolute atomic E-state index is 0.0494. The molecule has 80 valence electrons. The Morgan fingerprint density at radius 2 is 2.38 bits per heavy atom. The molecule has 0 unspecified atom stereocenters. The topological polar surface area (TPSA) is 61.5 Å². The summed E-state index contributed by atoms with van der Waals surface area (Å²) < 4.78 is 1.12. The Balaban J connectivity index is 1.99. The van der Waals surface area contributed by atoms with Crippen molar-refractivity contribution >= 4 is 18.6 Å². The third kappa shape index (κ3) is 1.16. The molecule has 1 aromatic rings. The summed E-state index contributed by atoms with van der Waals surface area (Å²) in [6, 6.07) is -0.241. The Labute approximate surface area is 91.9 Å². The lowest BCUT2D eigenvalue weighted by Crippen LogP contribution is -2.31. The molecule has 1 aromatic heterocycles. The van der Waals surface area contributed by atoms with Crippen LogP contribution in [-0.2, 0) is 0 Å². The van der Waals surface area contributed by atoms with E-state index in [1.807, 2.05) is 0 Å². The van der Waals surface area contributed by atoms with Crippen LogP contribution < -0.4 is 0 Å². The molecule has 0 aromatic carbocycles. The smallest absolute Gasteiger partial charge is 0.261 e. The predicted octanol–water partition coefficient (Wildman–Crippen LogP) is 0.774. The Morgan fingerprint density at radius 1 is 1.50 bits per heavy atom. The van der Waals surface area contributed by atoms with Gasteiger partial charge in [0, 0.05) is 25.2 Å². The molecule has 3 rings (SSSR count). The Hall–Kier alpha value is -2.11. The van der Waals surface area contributed by atoms with Gasteiger partial charge in [-0.3, -0.25) is 9.97 Å². The molecule has 2 amide bonds. The number of nitrogens with zero attached hydrogens (tertiary/aromatic N) is 5. The number of fused-ring (bicyclic) bond motifs is 1. The van der Waals surface area contributed by atoms with Crippen molar-refractivity contribution in [2.75, 3.05) is 0 Å². The van der Waals surface area contributed by atoms with Crippen LogP contribution in [0.1, 0.15) is 24.6 Å². The maximum Gasteiger partial charge on any atom is 0.525 e. The van der Waals surface area contributed by atoms with Gasteiger partial charge in [-0.05, 0) is 5.10 Å². The van der Waals surface area contributed by atoms with Crippen molar-refractivity contribution in [1.29, 1.82) is 0 Å². The van der Waals surface area contributed by atoms with Crippen molar-refractivity contribution in [2.45, 2.75) is 18.9 Å². The fraction of sp³-hybridized carbons (Fsp3) is 0.300. The van der Waals surface area contributed by atoms with E-state index in [0.29, 0.717) is 0 Å². The minimum Gasteiger partial charge on any atom is -0.261 e. The molecule has 2 aliphatic heterocycles. The van der Waals surface area contributed by atoms with Gasteiger partial charge in [0.2, 0.25) is 5.84 Å². The van der Waals surface area contributed by atoms with Crippen LogP contribution in [0.3, 0.4) is 0 Å². The number of amidine groups is 1. The highest BCUT2D eigenvalue weighted by Crippen LogP contribution is 2.34. The molecule has 0 radical (unpaired) electrons. The van der Waals surface area contributed by atoms with E-state index < -0.39 is 0 Å². The molecule has 1 saturated heterocycles. The lowest BCUT2D eigenvalue weighted by atomic mass is 10.1. The number of carbonyl (C=O) groups is 1. The zero-order chi connectivity index (χ0) is 11.1. The molecule has 1 atom stereocenters. The Bertz CT molecular complexity index is 495. The second kappa shape index (κ2) is 3.19. The fourth-order valence-corrected chi connectivity index (χ4v) is 2.11. The van der Waals surface area contributed by atoms with Crippen LogP contribution in [0.15, 0.2) is 23.7 Å². The highest BCUT2D eigenvalue weighted by atomic mass is 16.2. The summed E-state index contributed by atoms with van der Waals surface area (Å²) in [4.78, 5) is 21.7.